The number of hydrogen-bond donors (Lipinski definition) is 3. The van der Waals surface area contributed by atoms with E-state index in [1.807, 2.05) is 13.0 Å². The molecule has 2 aromatic carbocycles. The summed E-state index contributed by atoms with van der Waals surface area (Å²) in [5, 5.41) is 22.0. The van der Waals surface area contributed by atoms with Gasteiger partial charge in [-0.1, -0.05) is 61.9 Å². The second-order valence-corrected chi connectivity index (χ2v) is 13.4. The van der Waals surface area contributed by atoms with Crippen molar-refractivity contribution in [2.24, 2.45) is 28.6 Å². The summed E-state index contributed by atoms with van der Waals surface area (Å²) in [6.45, 7) is 3.43. The number of aliphatic hydroxyl groups excluding tert-OH is 2. The van der Waals surface area contributed by atoms with E-state index in [1.54, 1.807) is 60.7 Å². The molecule has 1 heterocycles. The van der Waals surface area contributed by atoms with Gasteiger partial charge < -0.3 is 25.4 Å². The molecule has 8 heteroatoms. The molecule has 4 aliphatic carbocycles. The van der Waals surface area contributed by atoms with Crippen molar-refractivity contribution in [3.05, 3.63) is 89.0 Å². The molecule has 8 nitrogen and oxygen atoms in total. The highest BCUT2D eigenvalue weighted by molar-refractivity contribution is 6.09. The Balaban J connectivity index is 1.19. The van der Waals surface area contributed by atoms with Gasteiger partial charge in [-0.2, -0.15) is 0 Å². The minimum absolute atomic E-state index is 0.0149. The van der Waals surface area contributed by atoms with Crippen molar-refractivity contribution in [3.63, 3.8) is 0 Å². The predicted molar refractivity (Wildman–Crippen MR) is 158 cm³/mol. The molecule has 9 atom stereocenters. The van der Waals surface area contributed by atoms with Gasteiger partial charge in [0.2, 0.25) is 0 Å². The fraction of sp³-hybridized carbons (Fsp3) is 0.457. The number of nitrogen functional groups attached to an aromatic ring is 1. The van der Waals surface area contributed by atoms with Crippen LogP contribution in [0.3, 0.4) is 0 Å². The van der Waals surface area contributed by atoms with E-state index in [-0.39, 0.29) is 29.3 Å². The third kappa shape index (κ3) is 3.93. The van der Waals surface area contributed by atoms with E-state index in [9.17, 15) is 24.6 Å². The summed E-state index contributed by atoms with van der Waals surface area (Å²) in [4.78, 5) is 38.9. The zero-order chi connectivity index (χ0) is 30.3. The van der Waals surface area contributed by atoms with E-state index in [2.05, 4.69) is 6.92 Å². The lowest BCUT2D eigenvalue weighted by molar-refractivity contribution is -0.201. The fourth-order valence-electron chi connectivity index (χ4n) is 9.47. The SMILES string of the molecule is C[C@]12C=CC(=O)C=C1CC[C@@H]1[C@@H]2[C@@H](O)C[C@@]2(C)[C@H]1C[C@H]1O[C@@H](c3ccc(C(=O)c4cccc(N)c4)cc3)O[C@]12C(=O)CO. The van der Waals surface area contributed by atoms with Gasteiger partial charge in [0, 0.05) is 39.1 Å². The monoisotopic (exact) mass is 583 g/mol. The predicted octanol–water partition coefficient (Wildman–Crippen LogP) is 4.10. The molecule has 0 unspecified atom stereocenters. The van der Waals surface area contributed by atoms with Gasteiger partial charge in [0.25, 0.3) is 0 Å². The van der Waals surface area contributed by atoms with Gasteiger partial charge in [-0.05, 0) is 61.8 Å². The smallest absolute Gasteiger partial charge is 0.193 e. The van der Waals surface area contributed by atoms with Crippen LogP contribution >= 0.6 is 0 Å². The summed E-state index contributed by atoms with van der Waals surface area (Å²) in [7, 11) is 0. The van der Waals surface area contributed by atoms with Gasteiger partial charge in [0.05, 0.1) is 12.2 Å². The first-order valence-corrected chi connectivity index (χ1v) is 15.1. The molecule has 224 valence electrons. The quantitative estimate of drug-likeness (QED) is 0.354. The molecule has 1 aliphatic heterocycles. The summed E-state index contributed by atoms with van der Waals surface area (Å²) < 4.78 is 13.2. The Bertz CT molecular complexity index is 1580. The van der Waals surface area contributed by atoms with Crippen molar-refractivity contribution in [2.45, 2.75) is 63.6 Å². The van der Waals surface area contributed by atoms with Gasteiger partial charge in [0.1, 0.15) is 6.61 Å². The second kappa shape index (κ2) is 9.79. The number of allylic oxidation sites excluding steroid dienone is 4. The molecular weight excluding hydrogens is 546 g/mol. The lowest BCUT2D eigenvalue weighted by Crippen LogP contribution is -2.63. The van der Waals surface area contributed by atoms with Crippen LogP contribution < -0.4 is 5.73 Å². The molecule has 43 heavy (non-hydrogen) atoms. The molecular formula is C35H37NO7. The summed E-state index contributed by atoms with van der Waals surface area (Å²) in [5.41, 5.74) is 6.44. The van der Waals surface area contributed by atoms with Crippen molar-refractivity contribution in [3.8, 4) is 0 Å². The Morgan fingerprint density at radius 3 is 2.58 bits per heavy atom. The topological polar surface area (TPSA) is 136 Å². The van der Waals surface area contributed by atoms with Crippen molar-refractivity contribution in [1.82, 2.24) is 0 Å². The van der Waals surface area contributed by atoms with Crippen LogP contribution in [0.1, 0.15) is 67.3 Å². The standard InChI is InChI=1S/C35H37NO7/c1-33-13-12-24(38)15-22(33)10-11-25-26-16-29-35(28(40)18-37,34(26,2)17-27(39)30(25)33)43-32(42-29)20-8-6-19(7-9-20)31(41)21-4-3-5-23(36)14-21/h3-9,12-15,25-27,29-30,32,37,39H,10-11,16-18,36H2,1-2H3/t25-,26-,27-,29+,30+,32+,33-,34-,35+/m0/s1. The second-order valence-electron chi connectivity index (χ2n) is 13.4. The minimum Gasteiger partial charge on any atom is -0.399 e. The number of hydrogen-bond acceptors (Lipinski definition) is 8. The van der Waals surface area contributed by atoms with Crippen LogP contribution in [-0.4, -0.2) is 52.0 Å². The van der Waals surface area contributed by atoms with Crippen LogP contribution in [0.25, 0.3) is 0 Å². The first kappa shape index (κ1) is 28.3. The molecule has 1 saturated heterocycles. The van der Waals surface area contributed by atoms with E-state index >= 15 is 0 Å². The largest absolute Gasteiger partial charge is 0.399 e. The number of fused-ring (bicyclic) bond motifs is 7. The van der Waals surface area contributed by atoms with E-state index in [4.69, 9.17) is 15.2 Å². The Labute approximate surface area is 250 Å². The van der Waals surface area contributed by atoms with Crippen LogP contribution in [0, 0.1) is 28.6 Å². The van der Waals surface area contributed by atoms with Crippen LogP contribution in [-0.2, 0) is 19.1 Å². The summed E-state index contributed by atoms with van der Waals surface area (Å²) >= 11 is 0. The Morgan fingerprint density at radius 2 is 1.86 bits per heavy atom. The highest BCUT2D eigenvalue weighted by Crippen LogP contribution is 2.70. The summed E-state index contributed by atoms with van der Waals surface area (Å²) in [5.74, 6) is -0.603. The molecule has 0 bridgehead atoms. The first-order valence-electron chi connectivity index (χ1n) is 15.1. The Morgan fingerprint density at radius 1 is 1.09 bits per heavy atom. The minimum atomic E-state index is -1.42. The molecule has 5 aliphatic rings. The van der Waals surface area contributed by atoms with E-state index in [1.165, 1.54) is 0 Å². The number of anilines is 1. The van der Waals surface area contributed by atoms with E-state index < -0.39 is 47.3 Å². The van der Waals surface area contributed by atoms with Crippen LogP contribution in [0.15, 0.2) is 72.3 Å². The number of ether oxygens (including phenoxy) is 2. The maximum Gasteiger partial charge on any atom is 0.193 e. The molecule has 0 spiro atoms. The number of carbonyl (C=O) groups excluding carboxylic acids is 3. The number of Topliss-reactive ketones (excluding diaryl/α,β-unsaturated/α-hetero) is 1. The first-order chi connectivity index (χ1) is 20.5. The summed E-state index contributed by atoms with van der Waals surface area (Å²) in [6, 6.07) is 13.8. The highest BCUT2D eigenvalue weighted by Gasteiger charge is 2.75. The number of aliphatic hydroxyl groups is 2. The van der Waals surface area contributed by atoms with Crippen molar-refractivity contribution >= 4 is 23.0 Å². The highest BCUT2D eigenvalue weighted by atomic mass is 16.7. The molecule has 4 fully saturated rings. The fourth-order valence-corrected chi connectivity index (χ4v) is 9.47. The van der Waals surface area contributed by atoms with E-state index in [0.29, 0.717) is 35.2 Å². The number of nitrogens with two attached hydrogens (primary N) is 1. The van der Waals surface area contributed by atoms with Gasteiger partial charge in [0.15, 0.2) is 29.2 Å². The zero-order valence-corrected chi connectivity index (χ0v) is 24.4. The van der Waals surface area contributed by atoms with Crippen molar-refractivity contribution in [2.75, 3.05) is 12.3 Å². The lowest BCUT2D eigenvalue weighted by atomic mass is 9.46. The number of ketones is 3. The molecule has 3 saturated carbocycles. The maximum absolute atomic E-state index is 13.7. The molecule has 2 aromatic rings. The Hall–Kier alpha value is -3.43. The third-order valence-electron chi connectivity index (χ3n) is 11.4. The van der Waals surface area contributed by atoms with Crippen LogP contribution in [0.4, 0.5) is 5.69 Å². The van der Waals surface area contributed by atoms with Crippen LogP contribution in [0.5, 0.6) is 0 Å². The third-order valence-corrected chi connectivity index (χ3v) is 11.4. The maximum atomic E-state index is 13.7. The number of benzene rings is 2. The van der Waals surface area contributed by atoms with Crippen molar-refractivity contribution < 1.29 is 34.1 Å². The van der Waals surface area contributed by atoms with Crippen LogP contribution in [0.2, 0.25) is 0 Å². The van der Waals surface area contributed by atoms with E-state index in [0.717, 1.165) is 18.4 Å². The lowest BCUT2D eigenvalue weighted by Gasteiger charge is -2.59. The Kier molecular flexibility index (Phi) is 6.45. The van der Waals surface area contributed by atoms with Gasteiger partial charge in [-0.15, -0.1) is 0 Å². The number of carbonyl (C=O) groups is 3. The van der Waals surface area contributed by atoms with Gasteiger partial charge >= 0.3 is 0 Å². The normalized spacial score (nSPS) is 39.3. The average Bonchev–Trinajstić information content (AvgIpc) is 3.49. The molecule has 0 amide bonds. The summed E-state index contributed by atoms with van der Waals surface area (Å²) in [6.07, 6.45) is 5.53. The molecule has 0 radical (unpaired) electrons. The average molecular weight is 584 g/mol. The number of rotatable bonds is 5. The van der Waals surface area contributed by atoms with Crippen molar-refractivity contribution in [1.29, 1.82) is 0 Å². The van der Waals surface area contributed by atoms with Gasteiger partial charge in [-0.25, -0.2) is 0 Å². The molecule has 0 aromatic heterocycles. The molecule has 7 rings (SSSR count). The molecule has 4 N–H and O–H groups in total. The van der Waals surface area contributed by atoms with Gasteiger partial charge in [-0.3, -0.25) is 14.4 Å². The zero-order valence-electron chi connectivity index (χ0n) is 24.4.